The second kappa shape index (κ2) is 5.00. The van der Waals surface area contributed by atoms with E-state index in [4.69, 9.17) is 0 Å². The summed E-state index contributed by atoms with van der Waals surface area (Å²) in [5, 5.41) is -5.30. The normalized spacial score (nSPS) is 24.8. The van der Waals surface area contributed by atoms with Gasteiger partial charge in [-0.15, -0.1) is 0 Å². The van der Waals surface area contributed by atoms with Crippen LogP contribution in [-0.4, -0.2) is 39.3 Å². The first-order valence-electron chi connectivity index (χ1n) is 4.80. The van der Waals surface area contributed by atoms with E-state index in [9.17, 15) is 30.8 Å². The first-order valence-corrected chi connectivity index (χ1v) is 6.21. The van der Waals surface area contributed by atoms with E-state index in [0.29, 0.717) is 0 Å². The van der Waals surface area contributed by atoms with Gasteiger partial charge in [0.05, 0.1) is 19.1 Å². The molecule has 1 rings (SSSR count). The number of hydrogen-bond donors (Lipinski definition) is 0. The number of carbonyl (C=O) groups excluding carboxylic acids is 1. The second-order valence-electron chi connectivity index (χ2n) is 3.66. The maximum Gasteiger partial charge on any atom is 0.428 e. The summed E-state index contributed by atoms with van der Waals surface area (Å²) < 4.78 is 79.3. The molecule has 0 amide bonds. The van der Waals surface area contributed by atoms with Crippen molar-refractivity contribution >= 4 is 16.1 Å². The average Bonchev–Trinajstić information content (AvgIpc) is 2.23. The Labute approximate surface area is 100 Å². The maximum atomic E-state index is 12.7. The topological polar surface area (TPSA) is 69.7 Å². The van der Waals surface area contributed by atoms with Crippen LogP contribution < -0.4 is 0 Å². The number of halogens is 4. The zero-order chi connectivity index (χ0) is 14.1. The van der Waals surface area contributed by atoms with E-state index in [1.54, 1.807) is 0 Å². The minimum absolute atomic E-state index is 0.00167. The number of rotatable bonds is 5. The molecule has 0 N–H and O–H groups in total. The standard InChI is InChI=1S/C8H10F4O5S/c1-16-6(13)4-2-3-5(4)17-18(14,15)8(11,12)7(9)10/h4-5,7H,2-3H2,1H3. The van der Waals surface area contributed by atoms with E-state index in [-0.39, 0.29) is 12.8 Å². The molecular weight excluding hydrogens is 284 g/mol. The first-order chi connectivity index (χ1) is 8.13. The lowest BCUT2D eigenvalue weighted by Gasteiger charge is -2.33. The summed E-state index contributed by atoms with van der Waals surface area (Å²) >= 11 is 0. The number of methoxy groups -OCH3 is 1. The van der Waals surface area contributed by atoms with E-state index >= 15 is 0 Å². The van der Waals surface area contributed by atoms with E-state index < -0.39 is 39.8 Å². The van der Waals surface area contributed by atoms with Crippen molar-refractivity contribution in [2.24, 2.45) is 5.92 Å². The summed E-state index contributed by atoms with van der Waals surface area (Å²) in [5.41, 5.74) is 0. The highest BCUT2D eigenvalue weighted by molar-refractivity contribution is 7.87. The van der Waals surface area contributed by atoms with Gasteiger partial charge in [-0.05, 0) is 12.8 Å². The Kier molecular flexibility index (Phi) is 4.21. The molecule has 0 radical (unpaired) electrons. The molecular formula is C8H10F4O5S. The van der Waals surface area contributed by atoms with Crippen molar-refractivity contribution in [1.29, 1.82) is 0 Å². The van der Waals surface area contributed by atoms with Crippen molar-refractivity contribution in [2.75, 3.05) is 7.11 Å². The SMILES string of the molecule is COC(=O)C1CCC1OS(=O)(=O)C(F)(F)C(F)F. The zero-order valence-electron chi connectivity index (χ0n) is 9.11. The van der Waals surface area contributed by atoms with Crippen LogP contribution in [-0.2, 0) is 23.8 Å². The van der Waals surface area contributed by atoms with Gasteiger partial charge in [-0.25, -0.2) is 8.78 Å². The van der Waals surface area contributed by atoms with Crippen LogP contribution in [0.4, 0.5) is 17.6 Å². The Balaban J connectivity index is 2.77. The van der Waals surface area contributed by atoms with E-state index in [1.807, 2.05) is 0 Å². The number of esters is 1. The lowest BCUT2D eigenvalue weighted by Crippen LogP contribution is -2.46. The molecule has 0 aromatic rings. The molecule has 1 fully saturated rings. The fourth-order valence-electron chi connectivity index (χ4n) is 1.34. The lowest BCUT2D eigenvalue weighted by atomic mass is 9.82. The molecule has 0 heterocycles. The molecule has 2 atom stereocenters. The Hall–Kier alpha value is -0.900. The summed E-state index contributed by atoms with van der Waals surface area (Å²) in [6.07, 6.45) is -5.60. The second-order valence-corrected chi connectivity index (χ2v) is 5.30. The van der Waals surface area contributed by atoms with Crippen LogP contribution in [0.15, 0.2) is 0 Å². The van der Waals surface area contributed by atoms with E-state index in [0.717, 1.165) is 7.11 Å². The molecule has 2 unspecified atom stereocenters. The highest BCUT2D eigenvalue weighted by Gasteiger charge is 2.57. The molecule has 0 bridgehead atoms. The van der Waals surface area contributed by atoms with Crippen molar-refractivity contribution in [3.63, 3.8) is 0 Å². The Morgan fingerprint density at radius 3 is 2.22 bits per heavy atom. The third kappa shape index (κ3) is 2.58. The maximum absolute atomic E-state index is 12.7. The van der Waals surface area contributed by atoms with Gasteiger partial charge in [-0.3, -0.25) is 8.98 Å². The van der Waals surface area contributed by atoms with Crippen LogP contribution in [0.25, 0.3) is 0 Å². The van der Waals surface area contributed by atoms with Gasteiger partial charge in [0, 0.05) is 0 Å². The molecule has 1 saturated carbocycles. The smallest absolute Gasteiger partial charge is 0.428 e. The van der Waals surface area contributed by atoms with Crippen molar-refractivity contribution in [3.8, 4) is 0 Å². The zero-order valence-corrected chi connectivity index (χ0v) is 9.92. The molecule has 18 heavy (non-hydrogen) atoms. The fourth-order valence-corrected chi connectivity index (χ4v) is 2.24. The van der Waals surface area contributed by atoms with Gasteiger partial charge in [0.2, 0.25) is 0 Å². The average molecular weight is 294 g/mol. The fraction of sp³-hybridized carbons (Fsp3) is 0.875. The van der Waals surface area contributed by atoms with Gasteiger partial charge in [0.25, 0.3) is 0 Å². The van der Waals surface area contributed by atoms with Crippen LogP contribution in [0, 0.1) is 5.92 Å². The minimum atomic E-state index is -5.78. The van der Waals surface area contributed by atoms with Gasteiger partial charge < -0.3 is 4.74 Å². The van der Waals surface area contributed by atoms with Crippen molar-refractivity contribution in [3.05, 3.63) is 0 Å². The Bertz CT molecular complexity index is 421. The Morgan fingerprint density at radius 1 is 1.33 bits per heavy atom. The van der Waals surface area contributed by atoms with Gasteiger partial charge >= 0.3 is 27.8 Å². The third-order valence-corrected chi connectivity index (χ3v) is 3.90. The molecule has 5 nitrogen and oxygen atoms in total. The highest BCUT2D eigenvalue weighted by atomic mass is 32.2. The van der Waals surface area contributed by atoms with Crippen molar-refractivity contribution in [2.45, 2.75) is 30.6 Å². The molecule has 1 aliphatic rings. The minimum Gasteiger partial charge on any atom is -0.469 e. The number of carbonyl (C=O) groups is 1. The van der Waals surface area contributed by atoms with Crippen molar-refractivity contribution < 1.29 is 39.7 Å². The van der Waals surface area contributed by atoms with E-state index in [2.05, 4.69) is 8.92 Å². The molecule has 1 aliphatic carbocycles. The lowest BCUT2D eigenvalue weighted by molar-refractivity contribution is -0.154. The van der Waals surface area contributed by atoms with Gasteiger partial charge in [-0.2, -0.15) is 17.2 Å². The molecule has 0 aliphatic heterocycles. The van der Waals surface area contributed by atoms with Gasteiger partial charge in [0.1, 0.15) is 0 Å². The van der Waals surface area contributed by atoms with Crippen LogP contribution in [0.3, 0.4) is 0 Å². The Morgan fingerprint density at radius 2 is 1.89 bits per heavy atom. The van der Waals surface area contributed by atoms with Crippen LogP contribution in [0.5, 0.6) is 0 Å². The van der Waals surface area contributed by atoms with Gasteiger partial charge in [0.15, 0.2) is 0 Å². The van der Waals surface area contributed by atoms with Gasteiger partial charge in [-0.1, -0.05) is 0 Å². The third-order valence-electron chi connectivity index (χ3n) is 2.55. The van der Waals surface area contributed by atoms with Crippen LogP contribution in [0.1, 0.15) is 12.8 Å². The first kappa shape index (κ1) is 15.2. The summed E-state index contributed by atoms with van der Waals surface area (Å²) in [7, 11) is -4.76. The molecule has 10 heteroatoms. The quantitative estimate of drug-likeness (QED) is 0.432. The monoisotopic (exact) mass is 294 g/mol. The summed E-state index contributed by atoms with van der Waals surface area (Å²) in [5.74, 6) is -1.86. The summed E-state index contributed by atoms with van der Waals surface area (Å²) in [6.45, 7) is 0. The summed E-state index contributed by atoms with van der Waals surface area (Å²) in [6, 6.07) is 0. The number of alkyl halides is 4. The highest BCUT2D eigenvalue weighted by Crippen LogP contribution is 2.37. The largest absolute Gasteiger partial charge is 0.469 e. The molecule has 0 spiro atoms. The molecule has 0 aromatic heterocycles. The number of hydrogen-bond acceptors (Lipinski definition) is 5. The molecule has 0 saturated heterocycles. The van der Waals surface area contributed by atoms with E-state index in [1.165, 1.54) is 0 Å². The predicted molar refractivity (Wildman–Crippen MR) is 49.5 cm³/mol. The van der Waals surface area contributed by atoms with Crippen LogP contribution >= 0.6 is 0 Å². The molecule has 106 valence electrons. The van der Waals surface area contributed by atoms with Crippen molar-refractivity contribution in [1.82, 2.24) is 0 Å². The molecule has 0 aromatic carbocycles. The predicted octanol–water partition coefficient (Wildman–Crippen LogP) is 1.14. The number of ether oxygens (including phenoxy) is 1. The summed E-state index contributed by atoms with van der Waals surface area (Å²) in [4.78, 5) is 11.0. The van der Waals surface area contributed by atoms with Crippen LogP contribution in [0.2, 0.25) is 0 Å².